The van der Waals surface area contributed by atoms with Crippen molar-refractivity contribution in [1.29, 1.82) is 0 Å². The molecule has 0 saturated heterocycles. The van der Waals surface area contributed by atoms with E-state index in [1.54, 1.807) is 48.8 Å². The average Bonchev–Trinajstić information content (AvgIpc) is 2.58. The molecule has 3 rings (SSSR count). The van der Waals surface area contributed by atoms with Crippen molar-refractivity contribution >= 4 is 11.4 Å². The summed E-state index contributed by atoms with van der Waals surface area (Å²) in [7, 11) is 0. The number of benzene rings is 2. The number of nitrogens with zero attached hydrogens (tertiary/aromatic N) is 3. The fourth-order valence-electron chi connectivity index (χ4n) is 1.50. The summed E-state index contributed by atoms with van der Waals surface area (Å²) >= 11 is 0. The number of hydrogen-bond donors (Lipinski definition) is 0. The Kier molecular flexibility index (Phi) is 8.07. The predicted molar refractivity (Wildman–Crippen MR) is 80.2 cm³/mol. The minimum Gasteiger partial charge on any atom is -0.871 e. The molecule has 6 heteroatoms. The van der Waals surface area contributed by atoms with Gasteiger partial charge in [-0.2, -0.15) is 10.2 Å². The third-order valence-corrected chi connectivity index (χ3v) is 2.56. The molecule has 0 amide bonds. The summed E-state index contributed by atoms with van der Waals surface area (Å²) in [5.41, 5.74) is 0.455. The first-order valence-corrected chi connectivity index (χ1v) is 6.56. The molecule has 3 aromatic rings. The van der Waals surface area contributed by atoms with Crippen LogP contribution in [0.5, 0.6) is 11.5 Å². The van der Waals surface area contributed by atoms with Crippen LogP contribution in [-0.2, 0) is 17.1 Å². The largest absolute Gasteiger partial charge is 2.00 e. The van der Waals surface area contributed by atoms with Crippen LogP contribution in [0, 0.1) is 0 Å². The Bertz CT molecular complexity index is 662. The molecule has 1 aromatic heterocycles. The molecule has 0 fully saturated rings. The van der Waals surface area contributed by atoms with Gasteiger partial charge in [0, 0.05) is 12.4 Å². The molecule has 0 aliphatic carbocycles. The Morgan fingerprint density at radius 2 is 1.04 bits per heavy atom. The van der Waals surface area contributed by atoms with E-state index in [0.717, 1.165) is 0 Å². The number of hydrogen-bond acceptors (Lipinski definition) is 5. The van der Waals surface area contributed by atoms with Crippen molar-refractivity contribution in [3.8, 4) is 11.5 Å². The van der Waals surface area contributed by atoms with Crippen molar-refractivity contribution in [2.24, 2.45) is 10.2 Å². The number of azo groups is 1. The molecule has 0 atom stereocenters. The van der Waals surface area contributed by atoms with Gasteiger partial charge in [0.05, 0.1) is 11.4 Å². The maximum Gasteiger partial charge on any atom is 2.00 e. The van der Waals surface area contributed by atoms with Crippen LogP contribution in [0.15, 0.2) is 89.4 Å². The van der Waals surface area contributed by atoms with Gasteiger partial charge in [0.1, 0.15) is 0 Å². The van der Waals surface area contributed by atoms with E-state index in [0.29, 0.717) is 0 Å². The van der Waals surface area contributed by atoms with E-state index in [1.165, 1.54) is 12.1 Å². The fraction of sp³-hybridized carbons (Fsp3) is 0. The van der Waals surface area contributed by atoms with Gasteiger partial charge in [-0.1, -0.05) is 54.0 Å². The maximum absolute atomic E-state index is 11.3. The summed E-state index contributed by atoms with van der Waals surface area (Å²) in [6, 6.07) is 18.3. The van der Waals surface area contributed by atoms with Crippen molar-refractivity contribution in [2.75, 3.05) is 0 Å². The molecule has 0 aliphatic heterocycles. The van der Waals surface area contributed by atoms with Crippen LogP contribution in [-0.4, -0.2) is 4.98 Å². The van der Waals surface area contributed by atoms with Crippen LogP contribution in [0.3, 0.4) is 0 Å². The molecular weight excluding hydrogens is 342 g/mol. The SMILES string of the molecule is [Cu+2].[O-]c1ccccc1N=Nc1ccccc1[O-].c1ccncc1. The van der Waals surface area contributed by atoms with Crippen molar-refractivity contribution in [2.45, 2.75) is 0 Å². The van der Waals surface area contributed by atoms with Gasteiger partial charge >= 0.3 is 17.1 Å². The van der Waals surface area contributed by atoms with Crippen LogP contribution in [0.4, 0.5) is 11.4 Å². The van der Waals surface area contributed by atoms with Gasteiger partial charge in [-0.25, -0.2) is 0 Å². The van der Waals surface area contributed by atoms with Crippen molar-refractivity contribution in [3.05, 3.63) is 79.1 Å². The van der Waals surface area contributed by atoms with Gasteiger partial charge in [-0.3, -0.25) is 4.98 Å². The second-order valence-electron chi connectivity index (χ2n) is 4.16. The second kappa shape index (κ2) is 10.1. The summed E-state index contributed by atoms with van der Waals surface area (Å²) in [6.45, 7) is 0. The molecule has 0 aliphatic rings. The molecule has 0 bridgehead atoms. The zero-order valence-corrected chi connectivity index (χ0v) is 12.9. The molecule has 23 heavy (non-hydrogen) atoms. The van der Waals surface area contributed by atoms with Crippen LogP contribution < -0.4 is 10.2 Å². The van der Waals surface area contributed by atoms with E-state index in [4.69, 9.17) is 0 Å². The Hall–Kier alpha value is -2.69. The van der Waals surface area contributed by atoms with Gasteiger partial charge in [-0.05, 0) is 24.3 Å². The normalized spacial score (nSPS) is 9.57. The van der Waals surface area contributed by atoms with E-state index in [9.17, 15) is 10.2 Å². The van der Waals surface area contributed by atoms with E-state index in [1.807, 2.05) is 18.2 Å². The summed E-state index contributed by atoms with van der Waals surface area (Å²) in [6.07, 6.45) is 3.50. The van der Waals surface area contributed by atoms with E-state index >= 15 is 0 Å². The van der Waals surface area contributed by atoms with E-state index < -0.39 is 0 Å². The van der Waals surface area contributed by atoms with Gasteiger partial charge in [0.15, 0.2) is 0 Å². The van der Waals surface area contributed by atoms with Crippen molar-refractivity contribution in [1.82, 2.24) is 4.98 Å². The molecule has 1 heterocycles. The minimum atomic E-state index is -0.213. The summed E-state index contributed by atoms with van der Waals surface area (Å²) in [4.78, 5) is 3.78. The Labute approximate surface area is 144 Å². The molecule has 2 aromatic carbocycles. The number of pyridine rings is 1. The first-order chi connectivity index (χ1) is 10.8. The van der Waals surface area contributed by atoms with Crippen LogP contribution in [0.2, 0.25) is 0 Å². The molecule has 0 saturated carbocycles. The minimum absolute atomic E-state index is 0. The first-order valence-electron chi connectivity index (χ1n) is 6.56. The molecule has 0 spiro atoms. The predicted octanol–water partition coefficient (Wildman–Crippen LogP) is 3.33. The van der Waals surface area contributed by atoms with Gasteiger partial charge in [-0.15, -0.1) is 0 Å². The van der Waals surface area contributed by atoms with Crippen molar-refractivity contribution in [3.63, 3.8) is 0 Å². The topological polar surface area (TPSA) is 83.7 Å². The Morgan fingerprint density at radius 3 is 1.35 bits per heavy atom. The number of aromatic nitrogens is 1. The third kappa shape index (κ3) is 6.30. The third-order valence-electron chi connectivity index (χ3n) is 2.56. The van der Waals surface area contributed by atoms with Crippen LogP contribution >= 0.6 is 0 Å². The van der Waals surface area contributed by atoms with Crippen molar-refractivity contribution < 1.29 is 27.3 Å². The molecule has 5 nitrogen and oxygen atoms in total. The maximum atomic E-state index is 11.3. The van der Waals surface area contributed by atoms with Crippen LogP contribution in [0.25, 0.3) is 0 Å². The Morgan fingerprint density at radius 1 is 0.609 bits per heavy atom. The monoisotopic (exact) mass is 354 g/mol. The molecule has 119 valence electrons. The van der Waals surface area contributed by atoms with E-state index in [-0.39, 0.29) is 39.9 Å². The number of rotatable bonds is 2. The summed E-state index contributed by atoms with van der Waals surface area (Å²) in [5.74, 6) is -0.427. The molecule has 0 unspecified atom stereocenters. The smallest absolute Gasteiger partial charge is 0.871 e. The molecule has 1 radical (unpaired) electrons. The Balaban J connectivity index is 0.000000320. The zero-order chi connectivity index (χ0) is 15.6. The van der Waals surface area contributed by atoms with Gasteiger partial charge in [0.25, 0.3) is 0 Å². The second-order valence-corrected chi connectivity index (χ2v) is 4.16. The van der Waals surface area contributed by atoms with Gasteiger partial charge < -0.3 is 10.2 Å². The average molecular weight is 355 g/mol. The quantitative estimate of drug-likeness (QED) is 0.522. The zero-order valence-electron chi connectivity index (χ0n) is 12.0. The van der Waals surface area contributed by atoms with Crippen LogP contribution in [0.1, 0.15) is 0 Å². The first kappa shape index (κ1) is 18.4. The summed E-state index contributed by atoms with van der Waals surface area (Å²) < 4.78 is 0. The standard InChI is InChI=1S/C12H10N2O2.C5H5N.Cu/c15-11-7-3-1-5-9(11)13-14-10-6-2-4-8-12(10)16;1-2-4-6-5-3-1;/h1-8,15-16H;1-5H;/q;;+2/p-2. The summed E-state index contributed by atoms with van der Waals surface area (Å²) in [5, 5.41) is 30.1. The fourth-order valence-corrected chi connectivity index (χ4v) is 1.50. The van der Waals surface area contributed by atoms with E-state index in [2.05, 4.69) is 15.2 Å². The molecular formula is C17H13CuN3O2. The molecule has 0 N–H and O–H groups in total. The number of para-hydroxylation sites is 2. The van der Waals surface area contributed by atoms with Gasteiger partial charge in [0.2, 0.25) is 0 Å².